The van der Waals surface area contributed by atoms with E-state index < -0.39 is 11.9 Å². The molecule has 0 bridgehead atoms. The lowest BCUT2D eigenvalue weighted by molar-refractivity contribution is -0.147. The molecule has 2 aromatic rings. The van der Waals surface area contributed by atoms with Crippen LogP contribution < -0.4 is 10.1 Å². The van der Waals surface area contributed by atoms with Crippen LogP contribution in [0.2, 0.25) is 5.02 Å². The number of nitrogens with one attached hydrogen (secondary N) is 1. The molecular formula is C19H20ClNO4. The third kappa shape index (κ3) is 6.12. The molecule has 132 valence electrons. The monoisotopic (exact) mass is 361 g/mol. The molecule has 0 radical (unpaired) electrons. The third-order valence-corrected chi connectivity index (χ3v) is 3.73. The molecule has 0 unspecified atom stereocenters. The zero-order chi connectivity index (χ0) is 18.2. The van der Waals surface area contributed by atoms with Crippen LogP contribution in [-0.4, -0.2) is 25.1 Å². The zero-order valence-corrected chi connectivity index (χ0v) is 14.9. The maximum atomic E-state index is 11.9. The van der Waals surface area contributed by atoms with E-state index in [1.807, 2.05) is 38.1 Å². The molecule has 0 aliphatic rings. The van der Waals surface area contributed by atoms with Gasteiger partial charge in [-0.25, -0.2) is 0 Å². The number of amides is 1. The summed E-state index contributed by atoms with van der Waals surface area (Å²) in [6.45, 7) is 3.62. The van der Waals surface area contributed by atoms with Crippen LogP contribution in [0.4, 0.5) is 5.69 Å². The SMILES string of the molecule is Cc1ccc(Cl)cc1NC(=O)COC(=O)CCOc1ccccc1C. The lowest BCUT2D eigenvalue weighted by Crippen LogP contribution is -2.22. The van der Waals surface area contributed by atoms with Crippen molar-refractivity contribution in [2.24, 2.45) is 0 Å². The predicted octanol–water partition coefficient (Wildman–Crippen LogP) is 3.91. The van der Waals surface area contributed by atoms with Crippen LogP contribution in [0.5, 0.6) is 5.75 Å². The van der Waals surface area contributed by atoms with Crippen molar-refractivity contribution in [3.63, 3.8) is 0 Å². The largest absolute Gasteiger partial charge is 0.493 e. The summed E-state index contributed by atoms with van der Waals surface area (Å²) in [5.74, 6) is -0.186. The van der Waals surface area contributed by atoms with Crippen molar-refractivity contribution >= 4 is 29.2 Å². The number of benzene rings is 2. The Morgan fingerprint density at radius 1 is 1.08 bits per heavy atom. The summed E-state index contributed by atoms with van der Waals surface area (Å²) in [5.41, 5.74) is 2.46. The Morgan fingerprint density at radius 3 is 2.60 bits per heavy atom. The van der Waals surface area contributed by atoms with Gasteiger partial charge >= 0.3 is 5.97 Å². The van der Waals surface area contributed by atoms with E-state index in [0.29, 0.717) is 10.7 Å². The minimum Gasteiger partial charge on any atom is -0.493 e. The molecule has 5 nitrogen and oxygen atoms in total. The highest BCUT2D eigenvalue weighted by Gasteiger charge is 2.10. The molecule has 1 amide bonds. The van der Waals surface area contributed by atoms with Crippen LogP contribution in [0.3, 0.4) is 0 Å². The van der Waals surface area contributed by atoms with Gasteiger partial charge in [0.05, 0.1) is 13.0 Å². The Morgan fingerprint density at radius 2 is 1.84 bits per heavy atom. The van der Waals surface area contributed by atoms with Crippen LogP contribution in [0.15, 0.2) is 42.5 Å². The van der Waals surface area contributed by atoms with Crippen molar-refractivity contribution in [3.8, 4) is 5.75 Å². The summed E-state index contributed by atoms with van der Waals surface area (Å²) in [4.78, 5) is 23.6. The van der Waals surface area contributed by atoms with E-state index in [1.54, 1.807) is 18.2 Å². The Kier molecular flexibility index (Phi) is 6.83. The molecule has 0 aliphatic carbocycles. The number of rotatable bonds is 7. The van der Waals surface area contributed by atoms with Gasteiger partial charge in [0.25, 0.3) is 5.91 Å². The maximum absolute atomic E-state index is 11.9. The molecule has 0 spiro atoms. The van der Waals surface area contributed by atoms with Crippen molar-refractivity contribution < 1.29 is 19.1 Å². The van der Waals surface area contributed by atoms with Gasteiger partial charge in [-0.05, 0) is 43.2 Å². The van der Waals surface area contributed by atoms with Crippen LogP contribution >= 0.6 is 11.6 Å². The number of carbonyl (C=O) groups is 2. The summed E-state index contributed by atoms with van der Waals surface area (Å²) < 4.78 is 10.5. The number of carbonyl (C=O) groups excluding carboxylic acids is 2. The fourth-order valence-electron chi connectivity index (χ4n) is 2.10. The molecule has 25 heavy (non-hydrogen) atoms. The van der Waals surface area contributed by atoms with Gasteiger partial charge in [-0.2, -0.15) is 0 Å². The molecule has 0 saturated carbocycles. The highest BCUT2D eigenvalue weighted by atomic mass is 35.5. The Balaban J connectivity index is 1.71. The lowest BCUT2D eigenvalue weighted by Gasteiger charge is -2.10. The number of hydrogen-bond donors (Lipinski definition) is 1. The van der Waals surface area contributed by atoms with Gasteiger partial charge in [-0.3, -0.25) is 9.59 Å². The molecule has 0 heterocycles. The van der Waals surface area contributed by atoms with E-state index in [1.165, 1.54) is 0 Å². The number of para-hydroxylation sites is 1. The van der Waals surface area contributed by atoms with E-state index in [0.717, 1.165) is 16.9 Å². The molecule has 0 saturated heterocycles. The van der Waals surface area contributed by atoms with E-state index in [-0.39, 0.29) is 19.6 Å². The van der Waals surface area contributed by atoms with Crippen LogP contribution in [0, 0.1) is 13.8 Å². The average Bonchev–Trinajstić information content (AvgIpc) is 2.58. The van der Waals surface area contributed by atoms with Crippen molar-refractivity contribution in [1.29, 1.82) is 0 Å². The molecule has 0 aliphatic heterocycles. The topological polar surface area (TPSA) is 64.6 Å². The second kappa shape index (κ2) is 9.08. The first kappa shape index (κ1) is 18.8. The molecule has 2 rings (SSSR count). The standard InChI is InChI=1S/C19H20ClNO4/c1-13-7-8-15(20)11-16(13)21-18(22)12-25-19(23)9-10-24-17-6-4-3-5-14(17)2/h3-8,11H,9-10,12H2,1-2H3,(H,21,22). The van der Waals surface area contributed by atoms with Gasteiger partial charge in [0, 0.05) is 10.7 Å². The molecule has 0 atom stereocenters. The van der Waals surface area contributed by atoms with Gasteiger partial charge in [0.1, 0.15) is 5.75 Å². The number of halogens is 1. The van der Waals surface area contributed by atoms with Gasteiger partial charge in [-0.1, -0.05) is 35.9 Å². The van der Waals surface area contributed by atoms with Crippen molar-refractivity contribution in [3.05, 3.63) is 58.6 Å². The van der Waals surface area contributed by atoms with Crippen LogP contribution in [-0.2, 0) is 14.3 Å². The first-order chi connectivity index (χ1) is 12.0. The Hall–Kier alpha value is -2.53. The molecule has 0 aromatic heterocycles. The zero-order valence-electron chi connectivity index (χ0n) is 14.2. The highest BCUT2D eigenvalue weighted by Crippen LogP contribution is 2.20. The van der Waals surface area contributed by atoms with E-state index in [9.17, 15) is 9.59 Å². The van der Waals surface area contributed by atoms with E-state index in [4.69, 9.17) is 21.1 Å². The molecule has 6 heteroatoms. The van der Waals surface area contributed by atoms with E-state index in [2.05, 4.69) is 5.32 Å². The minimum atomic E-state index is -0.494. The molecule has 2 aromatic carbocycles. The Bertz CT molecular complexity index is 761. The van der Waals surface area contributed by atoms with Gasteiger partial charge in [0.15, 0.2) is 6.61 Å². The first-order valence-corrected chi connectivity index (χ1v) is 8.23. The van der Waals surface area contributed by atoms with Gasteiger partial charge in [-0.15, -0.1) is 0 Å². The summed E-state index contributed by atoms with van der Waals surface area (Å²) in [6, 6.07) is 12.7. The molecule has 0 fully saturated rings. The number of esters is 1. The van der Waals surface area contributed by atoms with Crippen molar-refractivity contribution in [2.75, 3.05) is 18.5 Å². The minimum absolute atomic E-state index is 0.0673. The lowest BCUT2D eigenvalue weighted by atomic mass is 10.2. The fraction of sp³-hybridized carbons (Fsp3) is 0.263. The van der Waals surface area contributed by atoms with E-state index >= 15 is 0 Å². The number of aryl methyl sites for hydroxylation is 2. The quantitative estimate of drug-likeness (QED) is 0.759. The molecule has 1 N–H and O–H groups in total. The second-order valence-electron chi connectivity index (χ2n) is 5.53. The maximum Gasteiger partial charge on any atom is 0.309 e. The predicted molar refractivity (Wildman–Crippen MR) is 97.1 cm³/mol. The fourth-order valence-corrected chi connectivity index (χ4v) is 2.27. The van der Waals surface area contributed by atoms with Crippen molar-refractivity contribution in [2.45, 2.75) is 20.3 Å². The van der Waals surface area contributed by atoms with Crippen LogP contribution in [0.1, 0.15) is 17.5 Å². The smallest absolute Gasteiger partial charge is 0.309 e. The molecular weight excluding hydrogens is 342 g/mol. The van der Waals surface area contributed by atoms with Crippen molar-refractivity contribution in [1.82, 2.24) is 0 Å². The third-order valence-electron chi connectivity index (χ3n) is 3.50. The highest BCUT2D eigenvalue weighted by molar-refractivity contribution is 6.31. The first-order valence-electron chi connectivity index (χ1n) is 7.86. The number of ether oxygens (including phenoxy) is 2. The number of anilines is 1. The Labute approximate surface area is 151 Å². The summed E-state index contributed by atoms with van der Waals surface area (Å²) >= 11 is 5.90. The summed E-state index contributed by atoms with van der Waals surface area (Å²) in [7, 11) is 0. The van der Waals surface area contributed by atoms with Crippen LogP contribution in [0.25, 0.3) is 0 Å². The summed E-state index contributed by atoms with van der Waals surface area (Å²) in [5, 5.41) is 3.18. The number of hydrogen-bond acceptors (Lipinski definition) is 4. The normalized spacial score (nSPS) is 10.2. The van der Waals surface area contributed by atoms with Gasteiger partial charge in [0.2, 0.25) is 0 Å². The average molecular weight is 362 g/mol. The van der Waals surface area contributed by atoms with Gasteiger partial charge < -0.3 is 14.8 Å². The second-order valence-corrected chi connectivity index (χ2v) is 5.97. The summed E-state index contributed by atoms with van der Waals surface area (Å²) in [6.07, 6.45) is 0.0673.